The van der Waals surface area contributed by atoms with Gasteiger partial charge in [-0.15, -0.1) is 0 Å². The molecule has 0 saturated heterocycles. The third-order valence-electron chi connectivity index (χ3n) is 3.07. The van der Waals surface area contributed by atoms with Crippen molar-refractivity contribution < 1.29 is 13.6 Å². The summed E-state index contributed by atoms with van der Waals surface area (Å²) < 4.78 is 19.3. The molecular formula is C16H11BrFNO2. The van der Waals surface area contributed by atoms with E-state index in [2.05, 4.69) is 21.2 Å². The fourth-order valence-electron chi connectivity index (χ4n) is 2.04. The fourth-order valence-corrected chi connectivity index (χ4v) is 2.29. The Morgan fingerprint density at radius 2 is 2.00 bits per heavy atom. The quantitative estimate of drug-likeness (QED) is 0.716. The average Bonchev–Trinajstić information content (AvgIpc) is 2.86. The van der Waals surface area contributed by atoms with Gasteiger partial charge in [-0.3, -0.25) is 4.79 Å². The van der Waals surface area contributed by atoms with E-state index in [9.17, 15) is 9.18 Å². The molecule has 0 saturated carbocycles. The predicted octanol–water partition coefficient (Wildman–Crippen LogP) is 4.90. The maximum atomic E-state index is 13.4. The maximum absolute atomic E-state index is 13.4. The topological polar surface area (TPSA) is 42.2 Å². The Morgan fingerprint density at radius 1 is 1.19 bits per heavy atom. The molecule has 0 bridgehead atoms. The zero-order valence-electron chi connectivity index (χ0n) is 11.1. The van der Waals surface area contributed by atoms with Crippen LogP contribution in [0, 0.1) is 12.7 Å². The molecule has 3 aromatic rings. The van der Waals surface area contributed by atoms with Crippen LogP contribution in [0.4, 0.5) is 10.1 Å². The van der Waals surface area contributed by atoms with E-state index >= 15 is 0 Å². The Bertz CT molecular complexity index is 841. The second-order valence-corrected chi connectivity index (χ2v) is 5.59. The second-order valence-electron chi connectivity index (χ2n) is 4.73. The zero-order chi connectivity index (χ0) is 15.0. The summed E-state index contributed by atoms with van der Waals surface area (Å²) in [5.41, 5.74) is 2.11. The van der Waals surface area contributed by atoms with Crippen molar-refractivity contribution in [2.24, 2.45) is 0 Å². The van der Waals surface area contributed by atoms with Crippen LogP contribution in [0.25, 0.3) is 11.0 Å². The van der Waals surface area contributed by atoms with Crippen molar-refractivity contribution >= 4 is 38.5 Å². The minimum atomic E-state index is -0.437. The van der Waals surface area contributed by atoms with Crippen molar-refractivity contribution in [1.29, 1.82) is 0 Å². The van der Waals surface area contributed by atoms with Crippen LogP contribution in [0.2, 0.25) is 0 Å². The molecule has 1 amide bonds. The highest BCUT2D eigenvalue weighted by Gasteiger charge is 2.13. The first-order valence-corrected chi connectivity index (χ1v) is 7.09. The molecule has 0 spiro atoms. The van der Waals surface area contributed by atoms with Crippen molar-refractivity contribution in [3.63, 3.8) is 0 Å². The SMILES string of the molecule is Cc1ccc2oc(C(=O)Nc3ccc(Br)c(F)c3)cc2c1. The van der Waals surface area contributed by atoms with Crippen LogP contribution in [-0.4, -0.2) is 5.91 Å². The first kappa shape index (κ1) is 13.8. The number of hydrogen-bond acceptors (Lipinski definition) is 2. The number of furan rings is 1. The van der Waals surface area contributed by atoms with Gasteiger partial charge in [-0.05, 0) is 59.3 Å². The number of anilines is 1. The average molecular weight is 348 g/mol. The third-order valence-corrected chi connectivity index (χ3v) is 3.72. The summed E-state index contributed by atoms with van der Waals surface area (Å²) in [6, 6.07) is 11.7. The Balaban J connectivity index is 1.87. The summed E-state index contributed by atoms with van der Waals surface area (Å²) in [6.07, 6.45) is 0. The van der Waals surface area contributed by atoms with Crippen LogP contribution in [0.5, 0.6) is 0 Å². The van der Waals surface area contributed by atoms with Gasteiger partial charge in [0.25, 0.3) is 5.91 Å². The Labute approximate surface area is 128 Å². The number of carbonyl (C=O) groups is 1. The van der Waals surface area contributed by atoms with Crippen molar-refractivity contribution in [2.75, 3.05) is 5.32 Å². The van der Waals surface area contributed by atoms with Crippen LogP contribution in [0.3, 0.4) is 0 Å². The van der Waals surface area contributed by atoms with Gasteiger partial charge in [-0.1, -0.05) is 11.6 Å². The molecule has 1 heterocycles. The summed E-state index contributed by atoms with van der Waals surface area (Å²) in [4.78, 5) is 12.1. The molecule has 3 rings (SSSR count). The van der Waals surface area contributed by atoms with Gasteiger partial charge >= 0.3 is 0 Å². The molecule has 106 valence electrons. The Hall–Kier alpha value is -2.14. The summed E-state index contributed by atoms with van der Waals surface area (Å²) >= 11 is 3.06. The first-order valence-electron chi connectivity index (χ1n) is 6.29. The van der Waals surface area contributed by atoms with Gasteiger partial charge < -0.3 is 9.73 Å². The molecule has 0 fully saturated rings. The summed E-state index contributed by atoms with van der Waals surface area (Å²) in [5, 5.41) is 3.47. The van der Waals surface area contributed by atoms with Crippen molar-refractivity contribution in [2.45, 2.75) is 6.92 Å². The third kappa shape index (κ3) is 2.83. The minimum Gasteiger partial charge on any atom is -0.451 e. The number of fused-ring (bicyclic) bond motifs is 1. The van der Waals surface area contributed by atoms with Crippen LogP contribution in [-0.2, 0) is 0 Å². The van der Waals surface area contributed by atoms with E-state index in [0.717, 1.165) is 10.9 Å². The number of benzene rings is 2. The van der Waals surface area contributed by atoms with Crippen LogP contribution in [0.15, 0.2) is 51.4 Å². The van der Waals surface area contributed by atoms with E-state index in [1.807, 2.05) is 25.1 Å². The summed E-state index contributed by atoms with van der Waals surface area (Å²) in [5.74, 6) is -0.655. The summed E-state index contributed by atoms with van der Waals surface area (Å²) in [7, 11) is 0. The largest absolute Gasteiger partial charge is 0.451 e. The lowest BCUT2D eigenvalue weighted by Crippen LogP contribution is -2.10. The van der Waals surface area contributed by atoms with Gasteiger partial charge in [0.05, 0.1) is 4.47 Å². The molecule has 0 unspecified atom stereocenters. The monoisotopic (exact) mass is 347 g/mol. The molecular weight excluding hydrogens is 337 g/mol. The van der Waals surface area contributed by atoms with Gasteiger partial charge in [-0.2, -0.15) is 0 Å². The molecule has 0 aliphatic heterocycles. The molecule has 0 atom stereocenters. The van der Waals surface area contributed by atoms with Crippen molar-refractivity contribution in [1.82, 2.24) is 0 Å². The van der Waals surface area contributed by atoms with Gasteiger partial charge in [0.1, 0.15) is 11.4 Å². The van der Waals surface area contributed by atoms with E-state index in [1.165, 1.54) is 12.1 Å². The molecule has 5 heteroatoms. The highest BCUT2D eigenvalue weighted by atomic mass is 79.9. The molecule has 1 N–H and O–H groups in total. The van der Waals surface area contributed by atoms with E-state index in [1.54, 1.807) is 12.1 Å². The van der Waals surface area contributed by atoms with E-state index in [-0.39, 0.29) is 5.76 Å². The summed E-state index contributed by atoms with van der Waals surface area (Å²) in [6.45, 7) is 1.97. The molecule has 0 aliphatic rings. The van der Waals surface area contributed by atoms with E-state index in [0.29, 0.717) is 15.7 Å². The van der Waals surface area contributed by atoms with Gasteiger partial charge in [0, 0.05) is 11.1 Å². The highest BCUT2D eigenvalue weighted by molar-refractivity contribution is 9.10. The van der Waals surface area contributed by atoms with Gasteiger partial charge in [-0.25, -0.2) is 4.39 Å². The normalized spacial score (nSPS) is 10.8. The number of carbonyl (C=O) groups excluding carboxylic acids is 1. The van der Waals surface area contributed by atoms with Gasteiger partial charge in [0.15, 0.2) is 5.76 Å². The smallest absolute Gasteiger partial charge is 0.291 e. The Morgan fingerprint density at radius 3 is 2.76 bits per heavy atom. The number of amides is 1. The number of hydrogen-bond donors (Lipinski definition) is 1. The van der Waals surface area contributed by atoms with E-state index < -0.39 is 11.7 Å². The lowest BCUT2D eigenvalue weighted by Gasteiger charge is -2.03. The van der Waals surface area contributed by atoms with Crippen molar-refractivity contribution in [3.8, 4) is 0 Å². The maximum Gasteiger partial charge on any atom is 0.291 e. The lowest BCUT2D eigenvalue weighted by atomic mass is 10.2. The first-order chi connectivity index (χ1) is 10.0. The number of halogens is 2. The zero-order valence-corrected chi connectivity index (χ0v) is 12.7. The molecule has 0 aliphatic carbocycles. The van der Waals surface area contributed by atoms with E-state index in [4.69, 9.17) is 4.42 Å². The van der Waals surface area contributed by atoms with Crippen LogP contribution >= 0.6 is 15.9 Å². The highest BCUT2D eigenvalue weighted by Crippen LogP contribution is 2.23. The molecule has 2 aromatic carbocycles. The van der Waals surface area contributed by atoms with Crippen LogP contribution in [0.1, 0.15) is 16.1 Å². The predicted molar refractivity (Wildman–Crippen MR) is 83.0 cm³/mol. The van der Waals surface area contributed by atoms with Crippen LogP contribution < -0.4 is 5.32 Å². The number of nitrogens with one attached hydrogen (secondary N) is 1. The molecule has 21 heavy (non-hydrogen) atoms. The van der Waals surface area contributed by atoms with Gasteiger partial charge in [0.2, 0.25) is 0 Å². The minimum absolute atomic E-state index is 0.193. The Kier molecular flexibility index (Phi) is 3.51. The lowest BCUT2D eigenvalue weighted by molar-refractivity contribution is 0.0998. The molecule has 0 radical (unpaired) electrons. The number of rotatable bonds is 2. The molecule has 1 aromatic heterocycles. The second kappa shape index (κ2) is 5.33. The number of aryl methyl sites for hydroxylation is 1. The standard InChI is InChI=1S/C16H11BrFNO2/c1-9-2-5-14-10(6-9)7-15(21-14)16(20)19-11-3-4-12(17)13(18)8-11/h2-8H,1H3,(H,19,20). The molecule has 3 nitrogen and oxygen atoms in total. The van der Waals surface area contributed by atoms with Crippen molar-refractivity contribution in [3.05, 3.63) is 64.1 Å². The fraction of sp³-hybridized carbons (Fsp3) is 0.0625.